The minimum absolute atomic E-state index is 0.0268. The van der Waals surface area contributed by atoms with Crippen LogP contribution in [0, 0.1) is 11.8 Å². The summed E-state index contributed by atoms with van der Waals surface area (Å²) < 4.78 is 17.0. The topological polar surface area (TPSA) is 106 Å². The Hall–Kier alpha value is -3.71. The zero-order chi connectivity index (χ0) is 31.5. The second-order valence-corrected chi connectivity index (χ2v) is 13.5. The number of rotatable bonds is 9. The zero-order valence-corrected chi connectivity index (χ0v) is 27.0. The molecule has 3 amide bonds. The molecule has 0 radical (unpaired) electrons. The Labute approximate surface area is 259 Å². The molecule has 1 atom stereocenters. The zero-order valence-electron chi connectivity index (χ0n) is 26.2. The number of benzene rings is 1. The van der Waals surface area contributed by atoms with Crippen molar-refractivity contribution in [1.82, 2.24) is 15.5 Å². The molecule has 1 aliphatic rings. The van der Waals surface area contributed by atoms with E-state index in [1.54, 1.807) is 25.7 Å². The third-order valence-electron chi connectivity index (χ3n) is 6.23. The molecule has 1 fully saturated rings. The largest absolute Gasteiger partial charge is 0.490 e. The minimum atomic E-state index is -0.730. The predicted octanol–water partition coefficient (Wildman–Crippen LogP) is 5.91. The quantitative estimate of drug-likeness (QED) is 0.270. The standard InChI is InChI=1S/C33H45N3O6S/c1-32(2,3)41-30(38)35-28(23-27-15-11-21-43-27)29(37)34-18-9-7-8-12-24-13-10-14-26(22-24)40-25-16-19-36(20-17-25)31(39)42-33(4,5)6/h10-11,13-15,21-22,25,28H,7,9,16-20,23H2,1-6H3,(H,34,37)(H,35,38). The van der Waals surface area contributed by atoms with Crippen LogP contribution < -0.4 is 15.4 Å². The summed E-state index contributed by atoms with van der Waals surface area (Å²) in [6, 6.07) is 10.8. The van der Waals surface area contributed by atoms with E-state index in [1.807, 2.05) is 62.5 Å². The highest BCUT2D eigenvalue weighted by atomic mass is 32.1. The van der Waals surface area contributed by atoms with Gasteiger partial charge in [0.1, 0.15) is 29.1 Å². The van der Waals surface area contributed by atoms with E-state index in [9.17, 15) is 14.4 Å². The van der Waals surface area contributed by atoms with E-state index < -0.39 is 23.3 Å². The summed E-state index contributed by atoms with van der Waals surface area (Å²) in [6.45, 7) is 12.6. The fourth-order valence-electron chi connectivity index (χ4n) is 4.29. The maximum Gasteiger partial charge on any atom is 0.410 e. The van der Waals surface area contributed by atoms with Crippen molar-refractivity contribution in [2.45, 2.75) is 97.0 Å². The number of thiophene rings is 1. The van der Waals surface area contributed by atoms with Crippen LogP contribution >= 0.6 is 11.3 Å². The monoisotopic (exact) mass is 611 g/mol. The molecule has 234 valence electrons. The van der Waals surface area contributed by atoms with Crippen LogP contribution in [0.5, 0.6) is 5.75 Å². The van der Waals surface area contributed by atoms with Crippen molar-refractivity contribution >= 4 is 29.4 Å². The summed E-state index contributed by atoms with van der Waals surface area (Å²) in [5.41, 5.74) is -0.307. The van der Waals surface area contributed by atoms with E-state index in [2.05, 4.69) is 22.5 Å². The molecule has 0 spiro atoms. The van der Waals surface area contributed by atoms with Crippen LogP contribution in [0.4, 0.5) is 9.59 Å². The number of nitrogens with zero attached hydrogens (tertiary/aromatic N) is 1. The Morgan fingerprint density at radius 2 is 1.74 bits per heavy atom. The minimum Gasteiger partial charge on any atom is -0.490 e. The van der Waals surface area contributed by atoms with Gasteiger partial charge in [-0.2, -0.15) is 0 Å². The molecule has 43 heavy (non-hydrogen) atoms. The van der Waals surface area contributed by atoms with Gasteiger partial charge in [-0.3, -0.25) is 4.79 Å². The Balaban J connectivity index is 1.42. The van der Waals surface area contributed by atoms with Crippen molar-refractivity contribution in [3.8, 4) is 17.6 Å². The Morgan fingerprint density at radius 3 is 2.40 bits per heavy atom. The molecule has 0 bridgehead atoms. The van der Waals surface area contributed by atoms with Gasteiger partial charge in [-0.25, -0.2) is 9.59 Å². The highest BCUT2D eigenvalue weighted by Gasteiger charge is 2.28. The number of ether oxygens (including phenoxy) is 3. The number of alkyl carbamates (subject to hydrolysis) is 1. The fraction of sp³-hybridized carbons (Fsp3) is 0.545. The first-order valence-electron chi connectivity index (χ1n) is 14.8. The van der Waals surface area contributed by atoms with Gasteiger partial charge in [-0.15, -0.1) is 11.3 Å². The van der Waals surface area contributed by atoms with E-state index in [-0.39, 0.29) is 18.1 Å². The fourth-order valence-corrected chi connectivity index (χ4v) is 5.04. The van der Waals surface area contributed by atoms with Crippen molar-refractivity contribution in [3.63, 3.8) is 0 Å². The molecule has 1 aromatic carbocycles. The Bertz CT molecular complexity index is 1260. The smallest absolute Gasteiger partial charge is 0.410 e. The molecule has 1 aromatic heterocycles. The molecular weight excluding hydrogens is 566 g/mol. The van der Waals surface area contributed by atoms with Crippen molar-refractivity contribution < 1.29 is 28.6 Å². The van der Waals surface area contributed by atoms with Gasteiger partial charge in [-0.05, 0) is 77.6 Å². The molecular formula is C33H45N3O6S. The summed E-state index contributed by atoms with van der Waals surface area (Å²) in [5, 5.41) is 7.56. The molecule has 2 heterocycles. The summed E-state index contributed by atoms with van der Waals surface area (Å²) in [4.78, 5) is 40.2. The Morgan fingerprint density at radius 1 is 1.02 bits per heavy atom. The van der Waals surface area contributed by atoms with Crippen LogP contribution in [0.2, 0.25) is 0 Å². The van der Waals surface area contributed by atoms with Crippen LogP contribution in [0.15, 0.2) is 41.8 Å². The average Bonchev–Trinajstić information content (AvgIpc) is 3.42. The first-order chi connectivity index (χ1) is 20.3. The average molecular weight is 612 g/mol. The number of unbranched alkanes of at least 4 members (excludes halogenated alkanes) is 1. The highest BCUT2D eigenvalue weighted by Crippen LogP contribution is 2.21. The number of carbonyl (C=O) groups is 3. The third kappa shape index (κ3) is 13.0. The van der Waals surface area contributed by atoms with Crippen molar-refractivity contribution in [2.75, 3.05) is 19.6 Å². The number of amides is 3. The van der Waals surface area contributed by atoms with Crippen LogP contribution in [0.3, 0.4) is 0 Å². The van der Waals surface area contributed by atoms with Crippen molar-refractivity contribution in [1.29, 1.82) is 0 Å². The molecule has 2 N–H and O–H groups in total. The number of nitrogens with one attached hydrogen (secondary N) is 2. The molecule has 10 heteroatoms. The third-order valence-corrected chi connectivity index (χ3v) is 7.13. The Kier molecular flexibility index (Phi) is 12.3. The first kappa shape index (κ1) is 33.8. The molecule has 1 aliphatic heterocycles. The SMILES string of the molecule is CC(C)(C)OC(=O)NC(Cc1cccs1)C(=O)NCCCC#Cc1cccc(OC2CCN(C(=O)OC(C)(C)C)CC2)c1. The summed E-state index contributed by atoms with van der Waals surface area (Å²) in [6.07, 6.45) is 2.27. The molecule has 1 unspecified atom stereocenters. The van der Waals surface area contributed by atoms with Crippen molar-refractivity contribution in [2.24, 2.45) is 0 Å². The van der Waals surface area contributed by atoms with E-state index in [4.69, 9.17) is 14.2 Å². The van der Waals surface area contributed by atoms with Gasteiger partial charge >= 0.3 is 12.2 Å². The first-order valence-corrected chi connectivity index (χ1v) is 15.7. The van der Waals surface area contributed by atoms with Crippen molar-refractivity contribution in [3.05, 3.63) is 52.2 Å². The van der Waals surface area contributed by atoms with Gasteiger partial charge in [0.05, 0.1) is 0 Å². The predicted molar refractivity (Wildman–Crippen MR) is 168 cm³/mol. The molecule has 2 aromatic rings. The second-order valence-electron chi connectivity index (χ2n) is 12.5. The number of carbonyl (C=O) groups excluding carboxylic acids is 3. The van der Waals surface area contributed by atoms with E-state index in [0.717, 1.165) is 29.0 Å². The summed E-state index contributed by atoms with van der Waals surface area (Å²) in [7, 11) is 0. The lowest BCUT2D eigenvalue weighted by molar-refractivity contribution is -0.123. The van der Waals surface area contributed by atoms with Crippen LogP contribution in [-0.2, 0) is 20.7 Å². The van der Waals surface area contributed by atoms with Gasteiger partial charge in [0, 0.05) is 55.8 Å². The lowest BCUT2D eigenvalue weighted by atomic mass is 10.1. The summed E-state index contributed by atoms with van der Waals surface area (Å²) >= 11 is 1.54. The number of piperidine rings is 1. The van der Waals surface area contributed by atoms with Crippen LogP contribution in [0.1, 0.15) is 77.7 Å². The maximum atomic E-state index is 12.9. The van der Waals surface area contributed by atoms with Gasteiger partial charge in [-0.1, -0.05) is 24.0 Å². The van der Waals surface area contributed by atoms with Crippen LogP contribution in [0.25, 0.3) is 0 Å². The van der Waals surface area contributed by atoms with E-state index >= 15 is 0 Å². The normalized spacial score (nSPS) is 14.6. The van der Waals surface area contributed by atoms with Crippen LogP contribution in [-0.4, -0.2) is 66.0 Å². The maximum absolute atomic E-state index is 12.9. The van der Waals surface area contributed by atoms with Gasteiger partial charge < -0.3 is 29.7 Å². The highest BCUT2D eigenvalue weighted by molar-refractivity contribution is 7.09. The molecule has 0 saturated carbocycles. The lowest BCUT2D eigenvalue weighted by Gasteiger charge is -2.33. The molecule has 1 saturated heterocycles. The number of hydrogen-bond donors (Lipinski definition) is 2. The molecule has 3 rings (SSSR count). The van der Waals surface area contributed by atoms with Gasteiger partial charge in [0.2, 0.25) is 5.91 Å². The van der Waals surface area contributed by atoms with E-state index in [1.165, 1.54) is 11.3 Å². The van der Waals surface area contributed by atoms with E-state index in [0.29, 0.717) is 38.9 Å². The second kappa shape index (κ2) is 15.7. The van der Waals surface area contributed by atoms with Gasteiger partial charge in [0.15, 0.2) is 0 Å². The lowest BCUT2D eigenvalue weighted by Crippen LogP contribution is -2.49. The number of hydrogen-bond acceptors (Lipinski definition) is 7. The number of likely N-dealkylation sites (tertiary alicyclic amines) is 1. The van der Waals surface area contributed by atoms with Gasteiger partial charge in [0.25, 0.3) is 0 Å². The summed E-state index contributed by atoms with van der Waals surface area (Å²) in [5.74, 6) is 6.83. The molecule has 9 nitrogen and oxygen atoms in total. The molecule has 0 aliphatic carbocycles.